The van der Waals surface area contributed by atoms with Crippen LogP contribution in [0.2, 0.25) is 10.0 Å². The zero-order chi connectivity index (χ0) is 31.6. The van der Waals surface area contributed by atoms with Crippen molar-refractivity contribution in [1.29, 1.82) is 0 Å². The Morgan fingerprint density at radius 1 is 0.773 bits per heavy atom. The standard InChI is InChI=1S/C34H29Cl2N3O4S/c1-3-31(34(43)37-24-17-15-22(16-18-24)21(2)40)44-26-12-7-11-25(19-26)38-33(42)30(20-27-28(35)13-8-14-29(27)36)39-32(41)23-9-5-4-6-10-23/h4-20,31H,3H2,1-2H3,(H,37,43)(H,38,42)(H,39,41)/b30-20+. The maximum Gasteiger partial charge on any atom is 0.272 e. The zero-order valence-electron chi connectivity index (χ0n) is 23.9. The summed E-state index contributed by atoms with van der Waals surface area (Å²) in [6.07, 6.45) is 1.98. The number of carbonyl (C=O) groups is 4. The molecule has 0 saturated heterocycles. The molecule has 4 rings (SSSR count). The van der Waals surface area contributed by atoms with Gasteiger partial charge in [0.1, 0.15) is 5.70 Å². The summed E-state index contributed by atoms with van der Waals surface area (Å²) in [6, 6.07) is 27.2. The molecule has 0 bridgehead atoms. The normalized spacial score (nSPS) is 11.8. The van der Waals surface area contributed by atoms with Crippen LogP contribution >= 0.6 is 35.0 Å². The van der Waals surface area contributed by atoms with Gasteiger partial charge in [-0.25, -0.2) is 0 Å². The van der Waals surface area contributed by atoms with Crippen molar-refractivity contribution in [2.45, 2.75) is 30.4 Å². The Bertz CT molecular complexity index is 1690. The van der Waals surface area contributed by atoms with Crippen LogP contribution in [0, 0.1) is 0 Å². The summed E-state index contributed by atoms with van der Waals surface area (Å²) in [5.74, 6) is -1.31. The molecule has 224 valence electrons. The molecule has 0 aliphatic heterocycles. The van der Waals surface area contributed by atoms with Crippen LogP contribution in [0.4, 0.5) is 11.4 Å². The van der Waals surface area contributed by atoms with Gasteiger partial charge in [0.15, 0.2) is 5.78 Å². The highest BCUT2D eigenvalue weighted by atomic mass is 35.5. The van der Waals surface area contributed by atoms with Crippen LogP contribution in [-0.2, 0) is 9.59 Å². The monoisotopic (exact) mass is 645 g/mol. The lowest BCUT2D eigenvalue weighted by molar-refractivity contribution is -0.116. The van der Waals surface area contributed by atoms with Gasteiger partial charge in [0, 0.05) is 43.0 Å². The van der Waals surface area contributed by atoms with E-state index >= 15 is 0 Å². The summed E-state index contributed by atoms with van der Waals surface area (Å²) in [6.45, 7) is 3.40. The summed E-state index contributed by atoms with van der Waals surface area (Å²) in [5, 5.41) is 8.60. The lowest BCUT2D eigenvalue weighted by Gasteiger charge is -2.16. The first kappa shape index (κ1) is 32.5. The van der Waals surface area contributed by atoms with Crippen LogP contribution in [0.25, 0.3) is 6.08 Å². The molecule has 7 nitrogen and oxygen atoms in total. The van der Waals surface area contributed by atoms with Crippen molar-refractivity contribution in [2.75, 3.05) is 10.6 Å². The van der Waals surface area contributed by atoms with Crippen LogP contribution in [0.15, 0.2) is 108 Å². The summed E-state index contributed by atoms with van der Waals surface area (Å²) in [7, 11) is 0. The average molecular weight is 647 g/mol. The Hall–Kier alpha value is -4.37. The number of Topliss-reactive ketones (excluding diaryl/α,β-unsaturated/α-hetero) is 1. The third kappa shape index (κ3) is 8.83. The maximum absolute atomic E-state index is 13.5. The van der Waals surface area contributed by atoms with E-state index in [0.717, 1.165) is 4.90 Å². The molecule has 0 aromatic heterocycles. The number of ketones is 1. The van der Waals surface area contributed by atoms with E-state index in [2.05, 4.69) is 16.0 Å². The van der Waals surface area contributed by atoms with Crippen molar-refractivity contribution in [3.05, 3.63) is 129 Å². The molecule has 0 saturated carbocycles. The molecule has 0 aliphatic rings. The summed E-state index contributed by atoms with van der Waals surface area (Å²) in [5.41, 5.74) is 2.31. The molecule has 4 aromatic rings. The second-order valence-corrected chi connectivity index (χ2v) is 11.7. The third-order valence-electron chi connectivity index (χ3n) is 6.41. The van der Waals surface area contributed by atoms with Crippen LogP contribution in [0.5, 0.6) is 0 Å². The van der Waals surface area contributed by atoms with Crippen molar-refractivity contribution in [1.82, 2.24) is 5.32 Å². The van der Waals surface area contributed by atoms with Gasteiger partial charge >= 0.3 is 0 Å². The fourth-order valence-electron chi connectivity index (χ4n) is 4.08. The van der Waals surface area contributed by atoms with E-state index in [4.69, 9.17) is 23.2 Å². The molecule has 1 unspecified atom stereocenters. The number of nitrogens with one attached hydrogen (secondary N) is 3. The quantitative estimate of drug-likeness (QED) is 0.0868. The second-order valence-electron chi connectivity index (χ2n) is 9.63. The number of anilines is 2. The topological polar surface area (TPSA) is 104 Å². The molecule has 0 heterocycles. The van der Waals surface area contributed by atoms with E-state index in [9.17, 15) is 19.2 Å². The predicted octanol–water partition coefficient (Wildman–Crippen LogP) is 8.12. The van der Waals surface area contributed by atoms with Gasteiger partial charge in [-0.2, -0.15) is 0 Å². The van der Waals surface area contributed by atoms with Crippen molar-refractivity contribution in [3.63, 3.8) is 0 Å². The number of carbonyl (C=O) groups excluding carboxylic acids is 4. The SMILES string of the molecule is CCC(Sc1cccc(NC(=O)/C(=C\c2c(Cl)cccc2Cl)NC(=O)c2ccccc2)c1)C(=O)Nc1ccc(C(C)=O)cc1. The van der Waals surface area contributed by atoms with Gasteiger partial charge in [0.05, 0.1) is 5.25 Å². The molecular formula is C34H29Cl2N3O4S. The molecule has 0 fully saturated rings. The fourth-order valence-corrected chi connectivity index (χ4v) is 5.60. The molecule has 4 aromatic carbocycles. The number of amides is 3. The Kier molecular flexibility index (Phi) is 11.4. The maximum atomic E-state index is 13.5. The van der Waals surface area contributed by atoms with Gasteiger partial charge in [0.2, 0.25) is 5.91 Å². The highest BCUT2D eigenvalue weighted by Gasteiger charge is 2.20. The van der Waals surface area contributed by atoms with Crippen molar-refractivity contribution in [2.24, 2.45) is 0 Å². The largest absolute Gasteiger partial charge is 0.325 e. The first-order valence-corrected chi connectivity index (χ1v) is 15.3. The van der Waals surface area contributed by atoms with Gasteiger partial charge in [0.25, 0.3) is 11.8 Å². The van der Waals surface area contributed by atoms with Crippen molar-refractivity contribution in [3.8, 4) is 0 Å². The van der Waals surface area contributed by atoms with E-state index in [1.54, 1.807) is 91.0 Å². The molecule has 3 N–H and O–H groups in total. The Morgan fingerprint density at radius 3 is 2.07 bits per heavy atom. The van der Waals surface area contributed by atoms with Crippen molar-refractivity contribution < 1.29 is 19.2 Å². The minimum Gasteiger partial charge on any atom is -0.325 e. The van der Waals surface area contributed by atoms with Crippen LogP contribution in [0.3, 0.4) is 0 Å². The van der Waals surface area contributed by atoms with E-state index < -0.39 is 17.1 Å². The Labute approximate surface area is 270 Å². The molecule has 10 heteroatoms. The van der Waals surface area contributed by atoms with Crippen LogP contribution in [0.1, 0.15) is 46.5 Å². The highest BCUT2D eigenvalue weighted by Crippen LogP contribution is 2.30. The van der Waals surface area contributed by atoms with Gasteiger partial charge in [-0.05, 0) is 86.2 Å². The van der Waals surface area contributed by atoms with Crippen LogP contribution in [-0.4, -0.2) is 28.8 Å². The lowest BCUT2D eigenvalue weighted by Crippen LogP contribution is -2.30. The summed E-state index contributed by atoms with van der Waals surface area (Å²) in [4.78, 5) is 51.8. The molecule has 44 heavy (non-hydrogen) atoms. The molecular weight excluding hydrogens is 617 g/mol. The van der Waals surface area contributed by atoms with Gasteiger partial charge in [-0.1, -0.05) is 60.5 Å². The molecule has 0 spiro atoms. The van der Waals surface area contributed by atoms with E-state index in [-0.39, 0.29) is 17.4 Å². The highest BCUT2D eigenvalue weighted by molar-refractivity contribution is 8.00. The number of halogens is 2. The fraction of sp³-hybridized carbons (Fsp3) is 0.118. The molecule has 0 radical (unpaired) electrons. The number of hydrogen-bond donors (Lipinski definition) is 3. The second kappa shape index (κ2) is 15.4. The van der Waals surface area contributed by atoms with Gasteiger partial charge in [-0.15, -0.1) is 11.8 Å². The Balaban J connectivity index is 1.51. The number of benzene rings is 4. The Morgan fingerprint density at radius 2 is 1.43 bits per heavy atom. The number of thioether (sulfide) groups is 1. The predicted molar refractivity (Wildman–Crippen MR) is 178 cm³/mol. The van der Waals surface area contributed by atoms with Crippen molar-refractivity contribution >= 4 is 75.9 Å². The van der Waals surface area contributed by atoms with Crippen LogP contribution < -0.4 is 16.0 Å². The molecule has 1 atom stereocenters. The number of rotatable bonds is 11. The minimum absolute atomic E-state index is 0.0503. The zero-order valence-corrected chi connectivity index (χ0v) is 26.2. The van der Waals surface area contributed by atoms with E-state index in [0.29, 0.717) is 44.5 Å². The number of hydrogen-bond acceptors (Lipinski definition) is 5. The minimum atomic E-state index is -0.591. The van der Waals surface area contributed by atoms with Gasteiger partial charge in [-0.3, -0.25) is 19.2 Å². The third-order valence-corrected chi connectivity index (χ3v) is 8.43. The smallest absolute Gasteiger partial charge is 0.272 e. The molecule has 3 amide bonds. The van der Waals surface area contributed by atoms with Gasteiger partial charge < -0.3 is 16.0 Å². The van der Waals surface area contributed by atoms with E-state index in [1.165, 1.54) is 24.8 Å². The lowest BCUT2D eigenvalue weighted by atomic mass is 10.1. The summed E-state index contributed by atoms with van der Waals surface area (Å²) >= 11 is 14.0. The summed E-state index contributed by atoms with van der Waals surface area (Å²) < 4.78 is 0. The molecule has 0 aliphatic carbocycles. The van der Waals surface area contributed by atoms with E-state index in [1.807, 2.05) is 13.0 Å². The first-order valence-electron chi connectivity index (χ1n) is 13.7. The first-order chi connectivity index (χ1) is 21.1. The average Bonchev–Trinajstić information content (AvgIpc) is 3.01.